The highest BCUT2D eigenvalue weighted by molar-refractivity contribution is 6.04. The summed E-state index contributed by atoms with van der Waals surface area (Å²) < 4.78 is 0. The van der Waals surface area contributed by atoms with Gasteiger partial charge in [-0.3, -0.25) is 4.79 Å². The van der Waals surface area contributed by atoms with E-state index in [1.165, 1.54) is 17.0 Å². The average Bonchev–Trinajstić information content (AvgIpc) is 2.48. The van der Waals surface area contributed by atoms with Crippen LogP contribution in [0.25, 0.3) is 0 Å². The van der Waals surface area contributed by atoms with Crippen LogP contribution in [0.1, 0.15) is 26.3 Å². The Hall–Kier alpha value is -2.82. The van der Waals surface area contributed by atoms with Crippen molar-refractivity contribution in [2.75, 3.05) is 7.05 Å². The van der Waals surface area contributed by atoms with Crippen molar-refractivity contribution in [2.24, 2.45) is 0 Å². The molecule has 5 nitrogen and oxygen atoms in total. The minimum absolute atomic E-state index is 0.0355. The minimum atomic E-state index is -1.14. The van der Waals surface area contributed by atoms with Crippen molar-refractivity contribution in [2.45, 2.75) is 6.54 Å². The Bertz CT molecular complexity index is 681. The molecule has 0 heterocycles. The van der Waals surface area contributed by atoms with Crippen molar-refractivity contribution in [3.05, 3.63) is 65.2 Å². The molecule has 0 saturated heterocycles. The quantitative estimate of drug-likeness (QED) is 0.904. The van der Waals surface area contributed by atoms with E-state index in [2.05, 4.69) is 0 Å². The number of benzene rings is 2. The molecule has 0 radical (unpaired) electrons. The van der Waals surface area contributed by atoms with Crippen molar-refractivity contribution < 1.29 is 19.8 Å². The van der Waals surface area contributed by atoms with Crippen LogP contribution >= 0.6 is 0 Å². The zero-order valence-corrected chi connectivity index (χ0v) is 11.5. The van der Waals surface area contributed by atoms with E-state index >= 15 is 0 Å². The molecule has 0 saturated carbocycles. The number of hydrogen-bond donors (Lipinski definition) is 2. The lowest BCUT2D eigenvalue weighted by molar-refractivity contribution is 0.0680. The molecule has 0 unspecified atom stereocenters. The number of aromatic carboxylic acids is 1. The first-order valence-corrected chi connectivity index (χ1v) is 6.35. The largest absolute Gasteiger partial charge is 0.508 e. The fourth-order valence-corrected chi connectivity index (χ4v) is 2.03. The molecular formula is C16H15NO4. The van der Waals surface area contributed by atoms with Crippen molar-refractivity contribution >= 4 is 11.9 Å². The molecule has 1 amide bonds. The lowest BCUT2D eigenvalue weighted by Crippen LogP contribution is -2.27. The Morgan fingerprint density at radius 2 is 1.57 bits per heavy atom. The second-order valence-electron chi connectivity index (χ2n) is 4.64. The van der Waals surface area contributed by atoms with Gasteiger partial charge in [0.05, 0.1) is 11.1 Å². The fourth-order valence-electron chi connectivity index (χ4n) is 2.03. The number of phenolic OH excluding ortho intramolecular Hbond substituents is 1. The van der Waals surface area contributed by atoms with Gasteiger partial charge in [0.25, 0.3) is 5.91 Å². The monoisotopic (exact) mass is 285 g/mol. The number of carbonyl (C=O) groups excluding carboxylic acids is 1. The molecule has 0 bridgehead atoms. The van der Waals surface area contributed by atoms with Gasteiger partial charge in [0, 0.05) is 19.2 Å². The molecule has 2 aromatic carbocycles. The van der Waals surface area contributed by atoms with Crippen LogP contribution < -0.4 is 0 Å². The third-order valence-electron chi connectivity index (χ3n) is 3.13. The fraction of sp³-hybridized carbons (Fsp3) is 0.125. The third kappa shape index (κ3) is 3.20. The normalized spacial score (nSPS) is 10.1. The standard InChI is InChI=1S/C16H15NO4/c1-17(10-11-6-2-5-9-14(11)18)15(19)12-7-3-4-8-13(12)16(20)21/h2-9,18H,10H2,1H3,(H,20,21). The zero-order valence-electron chi connectivity index (χ0n) is 11.5. The summed E-state index contributed by atoms with van der Waals surface area (Å²) in [6.07, 6.45) is 0. The molecule has 2 rings (SSSR count). The van der Waals surface area contributed by atoms with Gasteiger partial charge in [-0.1, -0.05) is 30.3 Å². The maximum Gasteiger partial charge on any atom is 0.336 e. The molecule has 0 spiro atoms. The Labute approximate surface area is 122 Å². The number of carboxylic acid groups (broad SMARTS) is 1. The van der Waals surface area contributed by atoms with Crippen LogP contribution in [0.2, 0.25) is 0 Å². The first kappa shape index (κ1) is 14.6. The second kappa shape index (κ2) is 6.09. The molecule has 21 heavy (non-hydrogen) atoms. The van der Waals surface area contributed by atoms with E-state index in [0.717, 1.165) is 0 Å². The Balaban J connectivity index is 2.24. The summed E-state index contributed by atoms with van der Waals surface area (Å²) in [5.41, 5.74) is 0.690. The Kier molecular flexibility index (Phi) is 4.23. The van der Waals surface area contributed by atoms with E-state index in [1.54, 1.807) is 43.4 Å². The van der Waals surface area contributed by atoms with Crippen LogP contribution in [0, 0.1) is 0 Å². The van der Waals surface area contributed by atoms with Gasteiger partial charge in [-0.25, -0.2) is 4.79 Å². The van der Waals surface area contributed by atoms with Gasteiger partial charge in [0.15, 0.2) is 0 Å². The SMILES string of the molecule is CN(Cc1ccccc1O)C(=O)c1ccccc1C(=O)O. The van der Waals surface area contributed by atoms with E-state index < -0.39 is 11.9 Å². The van der Waals surface area contributed by atoms with Crippen molar-refractivity contribution in [1.29, 1.82) is 0 Å². The summed E-state index contributed by atoms with van der Waals surface area (Å²) in [5.74, 6) is -1.45. The zero-order chi connectivity index (χ0) is 15.4. The number of para-hydroxylation sites is 1. The highest BCUT2D eigenvalue weighted by atomic mass is 16.4. The van der Waals surface area contributed by atoms with Gasteiger partial charge >= 0.3 is 5.97 Å². The van der Waals surface area contributed by atoms with Crippen LogP contribution in [0.15, 0.2) is 48.5 Å². The molecule has 0 atom stereocenters. The van der Waals surface area contributed by atoms with E-state index in [-0.39, 0.29) is 23.4 Å². The molecule has 5 heteroatoms. The van der Waals surface area contributed by atoms with Crippen LogP contribution in [0.3, 0.4) is 0 Å². The summed E-state index contributed by atoms with van der Waals surface area (Å²) in [7, 11) is 1.56. The number of carbonyl (C=O) groups is 2. The van der Waals surface area contributed by atoms with Crippen LogP contribution in [0.4, 0.5) is 0 Å². The number of nitrogens with zero attached hydrogens (tertiary/aromatic N) is 1. The molecular weight excluding hydrogens is 270 g/mol. The topological polar surface area (TPSA) is 77.8 Å². The van der Waals surface area contributed by atoms with Gasteiger partial charge in [0.1, 0.15) is 5.75 Å². The average molecular weight is 285 g/mol. The van der Waals surface area contributed by atoms with Gasteiger partial charge in [-0.15, -0.1) is 0 Å². The lowest BCUT2D eigenvalue weighted by Gasteiger charge is -2.19. The number of hydrogen-bond acceptors (Lipinski definition) is 3. The molecule has 0 aliphatic heterocycles. The van der Waals surface area contributed by atoms with Gasteiger partial charge < -0.3 is 15.1 Å². The first-order valence-electron chi connectivity index (χ1n) is 6.35. The highest BCUT2D eigenvalue weighted by Gasteiger charge is 2.19. The van der Waals surface area contributed by atoms with E-state index in [1.807, 2.05) is 0 Å². The van der Waals surface area contributed by atoms with E-state index in [0.29, 0.717) is 5.56 Å². The van der Waals surface area contributed by atoms with Gasteiger partial charge in [0.2, 0.25) is 0 Å². The van der Waals surface area contributed by atoms with Gasteiger partial charge in [-0.2, -0.15) is 0 Å². The molecule has 2 N–H and O–H groups in total. The molecule has 0 aliphatic rings. The summed E-state index contributed by atoms with van der Waals surface area (Å²) in [6.45, 7) is 0.194. The van der Waals surface area contributed by atoms with Crippen LogP contribution in [-0.4, -0.2) is 34.0 Å². The number of carboxylic acids is 1. The maximum atomic E-state index is 12.4. The number of aromatic hydroxyl groups is 1. The van der Waals surface area contributed by atoms with E-state index in [9.17, 15) is 14.7 Å². The smallest absolute Gasteiger partial charge is 0.336 e. The first-order chi connectivity index (χ1) is 10.0. The van der Waals surface area contributed by atoms with Crippen LogP contribution in [-0.2, 0) is 6.54 Å². The molecule has 0 aliphatic carbocycles. The molecule has 2 aromatic rings. The Morgan fingerprint density at radius 1 is 1.00 bits per heavy atom. The summed E-state index contributed by atoms with van der Waals surface area (Å²) in [6, 6.07) is 12.8. The third-order valence-corrected chi connectivity index (χ3v) is 3.13. The summed E-state index contributed by atoms with van der Waals surface area (Å²) in [4.78, 5) is 24.9. The second-order valence-corrected chi connectivity index (χ2v) is 4.64. The van der Waals surface area contributed by atoms with Crippen molar-refractivity contribution in [3.63, 3.8) is 0 Å². The molecule has 0 aromatic heterocycles. The van der Waals surface area contributed by atoms with Gasteiger partial charge in [-0.05, 0) is 18.2 Å². The molecule has 0 fully saturated rings. The summed E-state index contributed by atoms with van der Waals surface area (Å²) in [5, 5.41) is 18.8. The Morgan fingerprint density at radius 3 is 2.19 bits per heavy atom. The predicted octanol–water partition coefficient (Wildman–Crippen LogP) is 2.36. The number of phenols is 1. The highest BCUT2D eigenvalue weighted by Crippen LogP contribution is 2.19. The van der Waals surface area contributed by atoms with Crippen molar-refractivity contribution in [1.82, 2.24) is 4.90 Å². The van der Waals surface area contributed by atoms with E-state index in [4.69, 9.17) is 5.11 Å². The number of amides is 1. The van der Waals surface area contributed by atoms with Crippen LogP contribution in [0.5, 0.6) is 5.75 Å². The van der Waals surface area contributed by atoms with Crippen molar-refractivity contribution in [3.8, 4) is 5.75 Å². The minimum Gasteiger partial charge on any atom is -0.508 e. The maximum absolute atomic E-state index is 12.4. The summed E-state index contributed by atoms with van der Waals surface area (Å²) >= 11 is 0. The molecule has 108 valence electrons. The lowest BCUT2D eigenvalue weighted by atomic mass is 10.1. The predicted molar refractivity (Wildman–Crippen MR) is 77.3 cm³/mol. The number of rotatable bonds is 4.